The minimum Gasteiger partial charge on any atom is -0.435 e. The second kappa shape index (κ2) is 9.67. The first-order valence-corrected chi connectivity index (χ1v) is 9.15. The molecule has 0 aliphatic rings. The highest BCUT2D eigenvalue weighted by molar-refractivity contribution is 5.94. The Morgan fingerprint density at radius 3 is 1.71 bits per heavy atom. The Bertz CT molecular complexity index is 1120. The molecule has 0 radical (unpaired) electrons. The maximum absolute atomic E-state index is 14.5. The van der Waals surface area contributed by atoms with Gasteiger partial charge in [0.2, 0.25) is 11.8 Å². The lowest BCUT2D eigenvalue weighted by Gasteiger charge is -2.15. The van der Waals surface area contributed by atoms with Crippen molar-refractivity contribution in [2.24, 2.45) is 0 Å². The van der Waals surface area contributed by atoms with Gasteiger partial charge in [-0.05, 0) is 56.2 Å². The van der Waals surface area contributed by atoms with E-state index in [1.54, 1.807) is 38.1 Å². The van der Waals surface area contributed by atoms with Gasteiger partial charge in [-0.2, -0.15) is 0 Å². The largest absolute Gasteiger partial charge is 0.435 e. The van der Waals surface area contributed by atoms with Crippen LogP contribution in [0.4, 0.5) is 4.39 Å². The highest BCUT2D eigenvalue weighted by Crippen LogP contribution is 2.35. The highest BCUT2D eigenvalue weighted by atomic mass is 19.1. The molecule has 0 atom stereocenters. The summed E-state index contributed by atoms with van der Waals surface area (Å²) < 4.78 is 30.4. The summed E-state index contributed by atoms with van der Waals surface area (Å²) in [6, 6.07) is 8.85. The summed E-state index contributed by atoms with van der Waals surface area (Å²) in [7, 11) is 0. The minimum atomic E-state index is -0.728. The van der Waals surface area contributed by atoms with Gasteiger partial charge in [0.05, 0.1) is 0 Å². The van der Waals surface area contributed by atoms with Crippen LogP contribution in [-0.2, 0) is 4.79 Å². The summed E-state index contributed by atoms with van der Waals surface area (Å²) in [5.41, 5.74) is 1.98. The molecule has 31 heavy (non-hydrogen) atoms. The van der Waals surface area contributed by atoms with Crippen LogP contribution in [0, 0.1) is 16.6 Å². The standard InChI is InChI=1S/C24H23FN2O4/c1-13(2)22(26)29-20-10-8-17(12-21(20)30-23(27)14(3)4)16-7-9-19(18(25)11-16)31-24(28)15(5)6/h7-12,26-27H,1,3,5H2,2,4,6H3. The molecule has 7 heteroatoms. The molecule has 2 aromatic carbocycles. The SMILES string of the molecule is C=C(C)C(=N)Oc1ccc(-c2ccc(OC(=O)C(=C)C)c(F)c2)cc1OC(=N)C(=C)C. The van der Waals surface area contributed by atoms with Gasteiger partial charge in [0.15, 0.2) is 23.1 Å². The Morgan fingerprint density at radius 2 is 1.23 bits per heavy atom. The molecule has 0 saturated carbocycles. The van der Waals surface area contributed by atoms with Gasteiger partial charge in [-0.3, -0.25) is 10.8 Å². The van der Waals surface area contributed by atoms with Crippen LogP contribution < -0.4 is 14.2 Å². The number of carbonyl (C=O) groups excluding carboxylic acids is 1. The fourth-order valence-electron chi connectivity index (χ4n) is 2.20. The number of ether oxygens (including phenoxy) is 3. The summed E-state index contributed by atoms with van der Waals surface area (Å²) >= 11 is 0. The molecule has 0 fully saturated rings. The van der Waals surface area contributed by atoms with Crippen LogP contribution in [-0.4, -0.2) is 17.8 Å². The topological polar surface area (TPSA) is 92.5 Å². The summed E-state index contributed by atoms with van der Waals surface area (Å²) in [5, 5.41) is 15.8. The van der Waals surface area contributed by atoms with Crippen LogP contribution in [0.1, 0.15) is 20.8 Å². The van der Waals surface area contributed by atoms with Crippen molar-refractivity contribution in [2.75, 3.05) is 0 Å². The Balaban J connectivity index is 2.43. The van der Waals surface area contributed by atoms with Crippen LogP contribution in [0.15, 0.2) is 72.9 Å². The number of rotatable bonds is 7. The zero-order valence-electron chi connectivity index (χ0n) is 17.6. The van der Waals surface area contributed by atoms with E-state index in [9.17, 15) is 9.18 Å². The van der Waals surface area contributed by atoms with E-state index in [2.05, 4.69) is 19.7 Å². The van der Waals surface area contributed by atoms with Gasteiger partial charge in [-0.25, -0.2) is 9.18 Å². The summed E-state index contributed by atoms with van der Waals surface area (Å²) in [6.07, 6.45) is 0. The zero-order valence-corrected chi connectivity index (χ0v) is 17.6. The first kappa shape index (κ1) is 23.3. The van der Waals surface area contributed by atoms with Gasteiger partial charge >= 0.3 is 5.97 Å². The molecule has 6 nitrogen and oxygen atoms in total. The Kier molecular flexibility index (Phi) is 7.26. The summed E-state index contributed by atoms with van der Waals surface area (Å²) in [4.78, 5) is 11.6. The van der Waals surface area contributed by atoms with Crippen molar-refractivity contribution in [1.29, 1.82) is 10.8 Å². The van der Waals surface area contributed by atoms with Crippen molar-refractivity contribution >= 4 is 17.8 Å². The molecule has 0 heterocycles. The second-order valence-electron chi connectivity index (χ2n) is 6.90. The van der Waals surface area contributed by atoms with E-state index in [0.717, 1.165) is 0 Å². The van der Waals surface area contributed by atoms with E-state index in [1.807, 2.05) is 0 Å². The van der Waals surface area contributed by atoms with Crippen LogP contribution in [0.3, 0.4) is 0 Å². The van der Waals surface area contributed by atoms with E-state index < -0.39 is 11.8 Å². The molecule has 0 aliphatic carbocycles. The van der Waals surface area contributed by atoms with Crippen LogP contribution in [0.25, 0.3) is 11.1 Å². The van der Waals surface area contributed by atoms with Crippen molar-refractivity contribution in [3.63, 3.8) is 0 Å². The average molecular weight is 422 g/mol. The number of esters is 1. The lowest BCUT2D eigenvalue weighted by molar-refractivity contribution is -0.130. The van der Waals surface area contributed by atoms with Crippen molar-refractivity contribution in [2.45, 2.75) is 20.8 Å². The van der Waals surface area contributed by atoms with E-state index in [-0.39, 0.29) is 34.6 Å². The number of hydrogen-bond acceptors (Lipinski definition) is 6. The minimum absolute atomic E-state index is 0.148. The van der Waals surface area contributed by atoms with E-state index in [1.165, 1.54) is 19.1 Å². The smallest absolute Gasteiger partial charge is 0.338 e. The molecule has 2 N–H and O–H groups in total. The summed E-state index contributed by atoms with van der Waals surface area (Å²) in [5.74, 6) is -1.67. The van der Waals surface area contributed by atoms with Crippen molar-refractivity contribution in [3.8, 4) is 28.4 Å². The average Bonchev–Trinajstić information content (AvgIpc) is 2.70. The Labute approximate surface area is 180 Å². The molecular formula is C24H23FN2O4. The Hall–Kier alpha value is -4.00. The maximum atomic E-state index is 14.5. The molecule has 0 spiro atoms. The number of carbonyl (C=O) groups is 1. The molecule has 0 amide bonds. The number of halogens is 1. The molecule has 160 valence electrons. The maximum Gasteiger partial charge on any atom is 0.338 e. The molecule has 0 saturated heterocycles. The van der Waals surface area contributed by atoms with Gasteiger partial charge < -0.3 is 14.2 Å². The second-order valence-corrected chi connectivity index (χ2v) is 6.90. The van der Waals surface area contributed by atoms with E-state index in [0.29, 0.717) is 22.3 Å². The first-order valence-electron chi connectivity index (χ1n) is 9.15. The molecule has 2 aromatic rings. The molecule has 0 aromatic heterocycles. The van der Waals surface area contributed by atoms with E-state index >= 15 is 0 Å². The third kappa shape index (κ3) is 5.99. The van der Waals surface area contributed by atoms with Crippen molar-refractivity contribution in [1.82, 2.24) is 0 Å². The lowest BCUT2D eigenvalue weighted by atomic mass is 10.0. The monoisotopic (exact) mass is 422 g/mol. The fraction of sp³-hybridized carbons (Fsp3) is 0.125. The van der Waals surface area contributed by atoms with Gasteiger partial charge in [0.25, 0.3) is 0 Å². The van der Waals surface area contributed by atoms with Crippen LogP contribution in [0.2, 0.25) is 0 Å². The van der Waals surface area contributed by atoms with Crippen LogP contribution >= 0.6 is 0 Å². The Morgan fingerprint density at radius 1 is 0.742 bits per heavy atom. The zero-order chi connectivity index (χ0) is 23.3. The van der Waals surface area contributed by atoms with Gasteiger partial charge in [0.1, 0.15) is 0 Å². The fourth-order valence-corrected chi connectivity index (χ4v) is 2.20. The predicted octanol–water partition coefficient (Wildman–Crippen LogP) is 5.84. The quantitative estimate of drug-likeness (QED) is 0.193. The number of benzene rings is 2. The van der Waals surface area contributed by atoms with Crippen LogP contribution in [0.5, 0.6) is 17.2 Å². The molecule has 0 unspecified atom stereocenters. The summed E-state index contributed by atoms with van der Waals surface area (Å²) in [6.45, 7) is 15.5. The highest BCUT2D eigenvalue weighted by Gasteiger charge is 2.16. The normalized spacial score (nSPS) is 10.1. The van der Waals surface area contributed by atoms with Gasteiger partial charge in [-0.15, -0.1) is 0 Å². The van der Waals surface area contributed by atoms with Gasteiger partial charge in [0, 0.05) is 16.7 Å². The molecular weight excluding hydrogens is 399 g/mol. The molecule has 2 rings (SSSR count). The lowest BCUT2D eigenvalue weighted by Crippen LogP contribution is -2.12. The van der Waals surface area contributed by atoms with Gasteiger partial charge in [-0.1, -0.05) is 31.9 Å². The van der Waals surface area contributed by atoms with E-state index in [4.69, 9.17) is 25.0 Å². The number of nitrogens with one attached hydrogen (secondary N) is 2. The molecule has 0 bridgehead atoms. The molecule has 0 aliphatic heterocycles. The first-order chi connectivity index (χ1) is 14.5. The van der Waals surface area contributed by atoms with Crippen molar-refractivity contribution < 1.29 is 23.4 Å². The third-order valence-electron chi connectivity index (χ3n) is 3.96. The predicted molar refractivity (Wildman–Crippen MR) is 119 cm³/mol. The van der Waals surface area contributed by atoms with Crippen molar-refractivity contribution in [3.05, 3.63) is 78.7 Å². The third-order valence-corrected chi connectivity index (χ3v) is 3.96. The number of hydrogen-bond donors (Lipinski definition) is 2.